The van der Waals surface area contributed by atoms with E-state index < -0.39 is 23.9 Å². The van der Waals surface area contributed by atoms with Gasteiger partial charge in [0.2, 0.25) is 5.91 Å². The molecule has 3 aromatic rings. The van der Waals surface area contributed by atoms with Crippen LogP contribution in [0.4, 0.5) is 24.7 Å². The average Bonchev–Trinajstić information content (AvgIpc) is 2.86. The third kappa shape index (κ3) is 6.96. The number of carbonyl (C=O) groups excluding carboxylic acids is 2. The summed E-state index contributed by atoms with van der Waals surface area (Å²) in [5.41, 5.74) is 0.959. The Hall–Kier alpha value is -4.10. The molecule has 2 N–H and O–H groups in total. The van der Waals surface area contributed by atoms with Crippen LogP contribution in [-0.4, -0.2) is 71.1 Å². The number of ether oxygens (including phenoxy) is 2. The number of rotatable bonds is 7. The maximum Gasteiger partial charge on any atom is 0.573 e. The molecule has 10 nitrogen and oxygen atoms in total. The first kappa shape index (κ1) is 25.0. The molecule has 1 aromatic carbocycles. The zero-order valence-corrected chi connectivity index (χ0v) is 18.8. The van der Waals surface area contributed by atoms with Crippen molar-refractivity contribution in [3.8, 4) is 17.0 Å². The number of halogens is 3. The van der Waals surface area contributed by atoms with E-state index in [0.717, 1.165) is 23.8 Å². The zero-order valence-electron chi connectivity index (χ0n) is 18.8. The molecule has 1 fully saturated rings. The molecule has 0 unspecified atom stereocenters. The molecule has 188 valence electrons. The van der Waals surface area contributed by atoms with Gasteiger partial charge in [-0.3, -0.25) is 19.5 Å². The van der Waals surface area contributed by atoms with Gasteiger partial charge in [-0.2, -0.15) is 0 Å². The molecule has 0 spiro atoms. The van der Waals surface area contributed by atoms with Crippen LogP contribution in [0.5, 0.6) is 5.75 Å². The molecule has 1 aliphatic rings. The van der Waals surface area contributed by atoms with E-state index in [2.05, 4.69) is 30.6 Å². The number of morpholine rings is 1. The summed E-state index contributed by atoms with van der Waals surface area (Å²) in [5, 5.41) is 12.9. The maximum atomic E-state index is 12.9. The number of carbonyl (C=O) groups is 2. The molecular formula is C23H21F3N6O4. The van der Waals surface area contributed by atoms with Gasteiger partial charge < -0.3 is 20.1 Å². The Labute approximate surface area is 203 Å². The number of nitrogens with zero attached hydrogens (tertiary/aromatic N) is 4. The Bertz CT molecular complexity index is 1200. The summed E-state index contributed by atoms with van der Waals surface area (Å²) >= 11 is 0. The van der Waals surface area contributed by atoms with Crippen LogP contribution in [0.2, 0.25) is 0 Å². The minimum atomic E-state index is -4.99. The summed E-state index contributed by atoms with van der Waals surface area (Å²) in [6.07, 6.45) is -1.75. The van der Waals surface area contributed by atoms with E-state index in [0.29, 0.717) is 32.0 Å². The van der Waals surface area contributed by atoms with E-state index in [4.69, 9.17) is 4.74 Å². The zero-order chi connectivity index (χ0) is 25.5. The van der Waals surface area contributed by atoms with Crippen LogP contribution in [0.25, 0.3) is 11.3 Å². The molecule has 4 rings (SSSR count). The Kier molecular flexibility index (Phi) is 7.71. The lowest BCUT2D eigenvalue weighted by Gasteiger charge is -2.26. The second-order valence-corrected chi connectivity index (χ2v) is 7.70. The highest BCUT2D eigenvalue weighted by Crippen LogP contribution is 2.31. The number of amides is 2. The predicted octanol–water partition coefficient (Wildman–Crippen LogP) is 2.96. The lowest BCUT2D eigenvalue weighted by atomic mass is 10.1. The highest BCUT2D eigenvalue weighted by molar-refractivity contribution is 6.05. The van der Waals surface area contributed by atoms with Gasteiger partial charge in [0.05, 0.1) is 31.1 Å². The Morgan fingerprint density at radius 1 is 1.06 bits per heavy atom. The van der Waals surface area contributed by atoms with Gasteiger partial charge in [-0.1, -0.05) is 0 Å². The van der Waals surface area contributed by atoms with E-state index in [9.17, 15) is 22.8 Å². The smallest absolute Gasteiger partial charge is 0.404 e. The first-order valence-corrected chi connectivity index (χ1v) is 10.8. The van der Waals surface area contributed by atoms with Gasteiger partial charge in [0, 0.05) is 36.6 Å². The van der Waals surface area contributed by atoms with E-state index in [1.807, 2.05) is 0 Å². The number of alkyl halides is 3. The SMILES string of the molecule is O=C(CN1CCOCC1)Nc1cc(C(=O)Nc2ccc(-c3cccnc3)nn2)ccc1OC(F)(F)F. The van der Waals surface area contributed by atoms with Crippen molar-refractivity contribution in [3.63, 3.8) is 0 Å². The van der Waals surface area contributed by atoms with E-state index in [-0.39, 0.29) is 23.6 Å². The highest BCUT2D eigenvalue weighted by atomic mass is 19.4. The average molecular weight is 502 g/mol. The first-order valence-electron chi connectivity index (χ1n) is 10.8. The second kappa shape index (κ2) is 11.1. The molecule has 36 heavy (non-hydrogen) atoms. The van der Waals surface area contributed by atoms with Crippen LogP contribution in [0, 0.1) is 0 Å². The Balaban J connectivity index is 1.48. The molecule has 1 aliphatic heterocycles. The van der Waals surface area contributed by atoms with E-state index in [1.165, 1.54) is 6.07 Å². The van der Waals surface area contributed by atoms with E-state index in [1.54, 1.807) is 35.5 Å². The molecule has 2 amide bonds. The summed E-state index contributed by atoms with van der Waals surface area (Å²) in [5.74, 6) is -1.74. The fourth-order valence-electron chi connectivity index (χ4n) is 3.39. The predicted molar refractivity (Wildman–Crippen MR) is 122 cm³/mol. The molecule has 13 heteroatoms. The summed E-state index contributed by atoms with van der Waals surface area (Å²) in [6.45, 7) is 1.89. The van der Waals surface area contributed by atoms with Gasteiger partial charge >= 0.3 is 6.36 Å². The molecular weight excluding hydrogens is 481 g/mol. The quantitative estimate of drug-likeness (QED) is 0.506. The monoisotopic (exact) mass is 502 g/mol. The van der Waals surface area contributed by atoms with Crippen molar-refractivity contribution in [3.05, 3.63) is 60.4 Å². The summed E-state index contributed by atoms with van der Waals surface area (Å²) in [4.78, 5) is 31.0. The topological polar surface area (TPSA) is 119 Å². The van der Waals surface area contributed by atoms with Gasteiger partial charge in [-0.25, -0.2) is 0 Å². The number of hydrogen-bond donors (Lipinski definition) is 2. The molecule has 0 radical (unpaired) electrons. The van der Waals surface area contributed by atoms with Crippen molar-refractivity contribution in [1.82, 2.24) is 20.1 Å². The number of hydrogen-bond acceptors (Lipinski definition) is 8. The van der Waals surface area contributed by atoms with Gasteiger partial charge in [0.1, 0.15) is 0 Å². The van der Waals surface area contributed by atoms with Crippen LogP contribution in [0.3, 0.4) is 0 Å². The third-order valence-electron chi connectivity index (χ3n) is 5.08. The van der Waals surface area contributed by atoms with Crippen LogP contribution >= 0.6 is 0 Å². The van der Waals surface area contributed by atoms with E-state index >= 15 is 0 Å². The number of nitrogens with one attached hydrogen (secondary N) is 2. The number of anilines is 2. The van der Waals surface area contributed by atoms with Crippen molar-refractivity contribution in [2.75, 3.05) is 43.5 Å². The maximum absolute atomic E-state index is 12.9. The van der Waals surface area contributed by atoms with Crippen molar-refractivity contribution in [2.45, 2.75) is 6.36 Å². The molecule has 0 bridgehead atoms. The van der Waals surface area contributed by atoms with Gasteiger partial charge in [-0.05, 0) is 42.5 Å². The fourth-order valence-corrected chi connectivity index (χ4v) is 3.39. The van der Waals surface area contributed by atoms with Crippen LogP contribution < -0.4 is 15.4 Å². The number of benzene rings is 1. The molecule has 3 heterocycles. The normalized spacial score (nSPS) is 14.2. The van der Waals surface area contributed by atoms with Crippen molar-refractivity contribution in [2.24, 2.45) is 0 Å². The third-order valence-corrected chi connectivity index (χ3v) is 5.08. The largest absolute Gasteiger partial charge is 0.573 e. The van der Waals surface area contributed by atoms with Crippen LogP contribution in [0.15, 0.2) is 54.9 Å². The fraction of sp³-hybridized carbons (Fsp3) is 0.261. The molecule has 0 aliphatic carbocycles. The van der Waals surface area contributed by atoms with Gasteiger partial charge in [-0.15, -0.1) is 23.4 Å². The molecule has 2 aromatic heterocycles. The van der Waals surface area contributed by atoms with Crippen molar-refractivity contribution in [1.29, 1.82) is 0 Å². The number of aromatic nitrogens is 3. The van der Waals surface area contributed by atoms with Crippen LogP contribution in [0.1, 0.15) is 10.4 Å². The van der Waals surface area contributed by atoms with Crippen LogP contribution in [-0.2, 0) is 9.53 Å². The second-order valence-electron chi connectivity index (χ2n) is 7.70. The van der Waals surface area contributed by atoms with Gasteiger partial charge in [0.15, 0.2) is 11.6 Å². The summed E-state index contributed by atoms with van der Waals surface area (Å²) in [6, 6.07) is 9.92. The first-order chi connectivity index (χ1) is 17.3. The number of pyridine rings is 1. The van der Waals surface area contributed by atoms with Crippen molar-refractivity contribution >= 4 is 23.3 Å². The standard InChI is InChI=1S/C23H21F3N6O4/c24-23(25,26)36-19-5-3-15(12-18(19)28-21(33)14-32-8-10-35-11-9-32)22(34)29-20-6-4-17(30-31-20)16-2-1-7-27-13-16/h1-7,12-13H,8-11,14H2,(H,28,33)(H,29,31,34). The molecule has 0 saturated carbocycles. The highest BCUT2D eigenvalue weighted by Gasteiger charge is 2.32. The Morgan fingerprint density at radius 2 is 1.86 bits per heavy atom. The minimum absolute atomic E-state index is 0.0238. The summed E-state index contributed by atoms with van der Waals surface area (Å²) < 4.78 is 47.9. The summed E-state index contributed by atoms with van der Waals surface area (Å²) in [7, 11) is 0. The molecule has 0 atom stereocenters. The molecule has 1 saturated heterocycles. The Morgan fingerprint density at radius 3 is 2.53 bits per heavy atom. The lowest BCUT2D eigenvalue weighted by molar-refractivity contribution is -0.274. The lowest BCUT2D eigenvalue weighted by Crippen LogP contribution is -2.41. The van der Waals surface area contributed by atoms with Gasteiger partial charge in [0.25, 0.3) is 5.91 Å². The van der Waals surface area contributed by atoms with Crippen molar-refractivity contribution < 1.29 is 32.2 Å². The minimum Gasteiger partial charge on any atom is -0.404 e.